The molecule has 0 aliphatic carbocycles. The molecule has 16 heavy (non-hydrogen) atoms. The van der Waals surface area contributed by atoms with Crippen molar-refractivity contribution in [2.24, 2.45) is 0 Å². The lowest BCUT2D eigenvalue weighted by Crippen LogP contribution is -1.78. The topological polar surface area (TPSA) is 0 Å². The molecule has 0 heterocycles. The standard InChI is InChI=1S/C16H17/c1-3-5-7-9-15-11-13-16(14-12-15)10-8-6-4-2/h11-13H,3-6H2,1-2H3. The van der Waals surface area contributed by atoms with Crippen LogP contribution < -0.4 is 0 Å². The molecule has 0 N–H and O–H groups in total. The first-order valence-corrected chi connectivity index (χ1v) is 5.86. The average Bonchev–Trinajstić information content (AvgIpc) is 2.32. The van der Waals surface area contributed by atoms with Gasteiger partial charge >= 0.3 is 0 Å². The molecule has 1 rings (SSSR count). The van der Waals surface area contributed by atoms with Crippen molar-refractivity contribution in [2.45, 2.75) is 39.5 Å². The van der Waals surface area contributed by atoms with Crippen molar-refractivity contribution < 1.29 is 0 Å². The minimum absolute atomic E-state index is 0.950. The first kappa shape index (κ1) is 12.4. The van der Waals surface area contributed by atoms with Crippen LogP contribution in [0.15, 0.2) is 18.2 Å². The highest BCUT2D eigenvalue weighted by Gasteiger charge is 1.88. The zero-order valence-electron chi connectivity index (χ0n) is 10.1. The summed E-state index contributed by atoms with van der Waals surface area (Å²) < 4.78 is 0. The van der Waals surface area contributed by atoms with Crippen molar-refractivity contribution in [3.05, 3.63) is 35.4 Å². The predicted molar refractivity (Wildman–Crippen MR) is 68.9 cm³/mol. The Morgan fingerprint density at radius 2 is 1.69 bits per heavy atom. The van der Waals surface area contributed by atoms with Gasteiger partial charge in [0.15, 0.2) is 0 Å². The Balaban J connectivity index is 2.63. The molecule has 0 nitrogen and oxygen atoms in total. The van der Waals surface area contributed by atoms with E-state index in [1.54, 1.807) is 0 Å². The summed E-state index contributed by atoms with van der Waals surface area (Å²) >= 11 is 0. The first-order valence-electron chi connectivity index (χ1n) is 5.86. The molecule has 0 aliphatic heterocycles. The molecule has 0 saturated carbocycles. The molecule has 1 aromatic rings. The van der Waals surface area contributed by atoms with Gasteiger partial charge in [0.05, 0.1) is 0 Å². The van der Waals surface area contributed by atoms with Gasteiger partial charge < -0.3 is 0 Å². The highest BCUT2D eigenvalue weighted by atomic mass is 13.9. The monoisotopic (exact) mass is 209 g/mol. The lowest BCUT2D eigenvalue weighted by Gasteiger charge is -1.90. The molecule has 0 bridgehead atoms. The molecule has 0 amide bonds. The molecular weight excluding hydrogens is 192 g/mol. The number of benzene rings is 1. The van der Waals surface area contributed by atoms with E-state index in [-0.39, 0.29) is 0 Å². The highest BCUT2D eigenvalue weighted by Crippen LogP contribution is 2.01. The zero-order valence-corrected chi connectivity index (χ0v) is 10.1. The quantitative estimate of drug-likeness (QED) is 0.650. The Hall–Kier alpha value is -1.66. The molecule has 0 spiro atoms. The van der Waals surface area contributed by atoms with Gasteiger partial charge in [-0.15, -0.1) is 0 Å². The van der Waals surface area contributed by atoms with E-state index in [9.17, 15) is 0 Å². The van der Waals surface area contributed by atoms with Crippen LogP contribution in [0.4, 0.5) is 0 Å². The second-order valence-corrected chi connectivity index (χ2v) is 3.59. The third kappa shape index (κ3) is 4.72. The highest BCUT2D eigenvalue weighted by molar-refractivity contribution is 5.40. The molecule has 0 aliphatic rings. The summed E-state index contributed by atoms with van der Waals surface area (Å²) in [6.07, 6.45) is 4.12. The van der Waals surface area contributed by atoms with Gasteiger partial charge in [0.2, 0.25) is 0 Å². The Labute approximate surface area is 99.1 Å². The van der Waals surface area contributed by atoms with E-state index in [0.717, 1.165) is 36.8 Å². The van der Waals surface area contributed by atoms with E-state index in [1.165, 1.54) is 0 Å². The van der Waals surface area contributed by atoms with E-state index in [1.807, 2.05) is 18.2 Å². The molecule has 0 saturated heterocycles. The minimum atomic E-state index is 0.950. The van der Waals surface area contributed by atoms with Crippen molar-refractivity contribution >= 4 is 0 Å². The number of unbranched alkanes of at least 4 members (excludes halogenated alkanes) is 2. The molecule has 0 unspecified atom stereocenters. The zero-order chi connectivity index (χ0) is 11.6. The molecule has 1 aromatic carbocycles. The fourth-order valence-corrected chi connectivity index (χ4v) is 1.15. The van der Waals surface area contributed by atoms with Crippen LogP contribution in [-0.4, -0.2) is 0 Å². The summed E-state index contributed by atoms with van der Waals surface area (Å²) in [5.41, 5.74) is 1.98. The van der Waals surface area contributed by atoms with Crippen LogP contribution in [0.1, 0.15) is 50.7 Å². The maximum atomic E-state index is 3.15. The van der Waals surface area contributed by atoms with Gasteiger partial charge in [0.1, 0.15) is 0 Å². The van der Waals surface area contributed by atoms with E-state index in [2.05, 4.69) is 43.6 Å². The summed E-state index contributed by atoms with van der Waals surface area (Å²) in [6, 6.07) is 9.06. The Morgan fingerprint density at radius 3 is 2.25 bits per heavy atom. The lowest BCUT2D eigenvalue weighted by molar-refractivity contribution is 0.983. The van der Waals surface area contributed by atoms with Crippen molar-refractivity contribution in [1.29, 1.82) is 0 Å². The second kappa shape index (κ2) is 7.61. The van der Waals surface area contributed by atoms with E-state index in [0.29, 0.717) is 0 Å². The molecule has 1 radical (unpaired) electrons. The van der Waals surface area contributed by atoms with Crippen LogP contribution in [0.3, 0.4) is 0 Å². The minimum Gasteiger partial charge on any atom is -0.0979 e. The number of rotatable bonds is 2. The Kier molecular flexibility index (Phi) is 5.90. The van der Waals surface area contributed by atoms with Crippen molar-refractivity contribution in [3.8, 4) is 23.7 Å². The SMILES string of the molecule is CCCC#Cc1[c]cc(C#CCCC)cc1. The number of hydrogen-bond donors (Lipinski definition) is 0. The first-order chi connectivity index (χ1) is 7.86. The maximum absolute atomic E-state index is 3.15. The van der Waals surface area contributed by atoms with Crippen LogP contribution in [0, 0.1) is 29.7 Å². The fourth-order valence-electron chi connectivity index (χ4n) is 1.15. The van der Waals surface area contributed by atoms with E-state index < -0.39 is 0 Å². The summed E-state index contributed by atoms with van der Waals surface area (Å²) in [6.45, 7) is 4.26. The summed E-state index contributed by atoms with van der Waals surface area (Å²) in [7, 11) is 0. The van der Waals surface area contributed by atoms with Gasteiger partial charge in [-0.25, -0.2) is 0 Å². The van der Waals surface area contributed by atoms with Crippen LogP contribution >= 0.6 is 0 Å². The van der Waals surface area contributed by atoms with Gasteiger partial charge in [0.25, 0.3) is 0 Å². The van der Waals surface area contributed by atoms with E-state index in [4.69, 9.17) is 0 Å². The van der Waals surface area contributed by atoms with Crippen LogP contribution in [0.25, 0.3) is 0 Å². The Bertz CT molecular complexity index is 372. The van der Waals surface area contributed by atoms with E-state index >= 15 is 0 Å². The van der Waals surface area contributed by atoms with Crippen LogP contribution in [0.5, 0.6) is 0 Å². The average molecular weight is 209 g/mol. The maximum Gasteiger partial charge on any atom is 0.0325 e. The van der Waals surface area contributed by atoms with Crippen molar-refractivity contribution in [2.75, 3.05) is 0 Å². The molecule has 0 fully saturated rings. The van der Waals surface area contributed by atoms with Crippen molar-refractivity contribution in [1.82, 2.24) is 0 Å². The predicted octanol–water partition coefficient (Wildman–Crippen LogP) is 3.79. The third-order valence-corrected chi connectivity index (χ3v) is 2.02. The van der Waals surface area contributed by atoms with Gasteiger partial charge in [-0.2, -0.15) is 0 Å². The fraction of sp³-hybridized carbons (Fsp3) is 0.375. The third-order valence-electron chi connectivity index (χ3n) is 2.02. The van der Waals surface area contributed by atoms with Gasteiger partial charge in [-0.05, 0) is 37.1 Å². The summed E-state index contributed by atoms with van der Waals surface area (Å²) in [5.74, 6) is 12.4. The summed E-state index contributed by atoms with van der Waals surface area (Å²) in [5, 5.41) is 0. The van der Waals surface area contributed by atoms with Gasteiger partial charge in [-0.3, -0.25) is 0 Å². The largest absolute Gasteiger partial charge is 0.0979 e. The lowest BCUT2D eigenvalue weighted by atomic mass is 10.1. The molecule has 81 valence electrons. The normalized spacial score (nSPS) is 8.62. The smallest absolute Gasteiger partial charge is 0.0325 e. The van der Waals surface area contributed by atoms with Gasteiger partial charge in [-0.1, -0.05) is 37.5 Å². The van der Waals surface area contributed by atoms with Crippen LogP contribution in [0.2, 0.25) is 0 Å². The van der Waals surface area contributed by atoms with Crippen LogP contribution in [-0.2, 0) is 0 Å². The van der Waals surface area contributed by atoms with Crippen molar-refractivity contribution in [3.63, 3.8) is 0 Å². The summed E-state index contributed by atoms with van der Waals surface area (Å²) in [4.78, 5) is 0. The molecule has 0 atom stereocenters. The van der Waals surface area contributed by atoms with Gasteiger partial charge in [0, 0.05) is 24.0 Å². The number of hydrogen-bond acceptors (Lipinski definition) is 0. The molecular formula is C16H17. The Morgan fingerprint density at radius 1 is 1.00 bits per heavy atom. The molecule has 0 aromatic heterocycles. The second-order valence-electron chi connectivity index (χ2n) is 3.59. The molecule has 0 heteroatoms.